The fourth-order valence-electron chi connectivity index (χ4n) is 2.72. The topological polar surface area (TPSA) is 60.7 Å². The fourth-order valence-corrected chi connectivity index (χ4v) is 3.56. The van der Waals surface area contributed by atoms with Crippen molar-refractivity contribution in [1.29, 1.82) is 0 Å². The highest BCUT2D eigenvalue weighted by Gasteiger charge is 2.18. The van der Waals surface area contributed by atoms with Crippen LogP contribution >= 0.6 is 11.8 Å². The zero-order chi connectivity index (χ0) is 20.2. The van der Waals surface area contributed by atoms with E-state index in [0.717, 1.165) is 17.8 Å². The first-order valence-electron chi connectivity index (χ1n) is 8.67. The van der Waals surface area contributed by atoms with Crippen LogP contribution in [0.2, 0.25) is 0 Å². The van der Waals surface area contributed by atoms with Gasteiger partial charge in [-0.15, -0.1) is 10.2 Å². The van der Waals surface area contributed by atoms with Crippen LogP contribution in [0.5, 0.6) is 0 Å². The van der Waals surface area contributed by atoms with Crippen LogP contribution in [0, 0.1) is 11.6 Å². The highest BCUT2D eigenvalue weighted by molar-refractivity contribution is 7.99. The number of pyridine rings is 1. The summed E-state index contributed by atoms with van der Waals surface area (Å²) in [5, 5.41) is 8.96. The van der Waals surface area contributed by atoms with Crippen LogP contribution in [0.25, 0.3) is 17.2 Å². The molecule has 0 aliphatic rings. The minimum atomic E-state index is -1.05. The summed E-state index contributed by atoms with van der Waals surface area (Å²) < 4.78 is 28.3. The molecule has 144 valence electrons. The molecule has 4 aromatic rings. The number of aromatic nitrogens is 4. The molecular weight excluding hydrogens is 394 g/mol. The van der Waals surface area contributed by atoms with Gasteiger partial charge in [0.2, 0.25) is 0 Å². The number of carbonyl (C=O) groups excluding carboxylic acids is 1. The van der Waals surface area contributed by atoms with E-state index >= 15 is 0 Å². The molecule has 0 spiro atoms. The Morgan fingerprint density at radius 1 is 0.931 bits per heavy atom. The minimum absolute atomic E-state index is 0.00173. The summed E-state index contributed by atoms with van der Waals surface area (Å²) in [7, 11) is 0. The first kappa shape index (κ1) is 18.9. The second-order valence-corrected chi connectivity index (χ2v) is 6.98. The Labute approximate surface area is 169 Å². The Hall–Kier alpha value is -3.39. The molecule has 0 aliphatic carbocycles. The number of Topliss-reactive ketones (excluding diaryl/α,β-unsaturated/α-hetero) is 1. The highest BCUT2D eigenvalue weighted by Crippen LogP contribution is 2.27. The van der Waals surface area contributed by atoms with Crippen molar-refractivity contribution in [3.8, 4) is 17.2 Å². The van der Waals surface area contributed by atoms with Crippen molar-refractivity contribution >= 4 is 17.5 Å². The average Bonchev–Trinajstić information content (AvgIpc) is 3.19. The molecule has 0 atom stereocenters. The predicted molar refractivity (Wildman–Crippen MR) is 106 cm³/mol. The van der Waals surface area contributed by atoms with E-state index in [1.807, 2.05) is 53.1 Å². The van der Waals surface area contributed by atoms with Crippen molar-refractivity contribution in [1.82, 2.24) is 19.7 Å². The molecular formula is C21H14F2N4OS. The first-order valence-corrected chi connectivity index (χ1v) is 9.65. The van der Waals surface area contributed by atoms with Gasteiger partial charge in [0, 0.05) is 17.4 Å². The number of thioether (sulfide) groups is 1. The highest BCUT2D eigenvalue weighted by atomic mass is 32.2. The van der Waals surface area contributed by atoms with Crippen molar-refractivity contribution in [2.45, 2.75) is 5.16 Å². The van der Waals surface area contributed by atoms with E-state index in [1.165, 1.54) is 17.8 Å². The van der Waals surface area contributed by atoms with Crippen molar-refractivity contribution in [3.05, 3.63) is 90.1 Å². The van der Waals surface area contributed by atoms with Gasteiger partial charge in [-0.05, 0) is 42.5 Å². The van der Waals surface area contributed by atoms with Crippen LogP contribution in [0.4, 0.5) is 8.78 Å². The van der Waals surface area contributed by atoms with Gasteiger partial charge in [-0.3, -0.25) is 14.3 Å². The predicted octanol–water partition coefficient (Wildman–Crippen LogP) is 4.58. The van der Waals surface area contributed by atoms with E-state index in [0.29, 0.717) is 16.7 Å². The zero-order valence-corrected chi connectivity index (χ0v) is 15.8. The van der Waals surface area contributed by atoms with Crippen LogP contribution in [0.15, 0.2) is 78.1 Å². The fraction of sp³-hybridized carbons (Fsp3) is 0.0476. The number of rotatable bonds is 6. The van der Waals surface area contributed by atoms with Gasteiger partial charge in [-0.1, -0.05) is 36.0 Å². The Kier molecular flexibility index (Phi) is 5.44. The van der Waals surface area contributed by atoms with Gasteiger partial charge in [-0.2, -0.15) is 0 Å². The lowest BCUT2D eigenvalue weighted by Crippen LogP contribution is -2.06. The number of nitrogens with zero attached hydrogens (tertiary/aromatic N) is 4. The number of benzene rings is 2. The molecule has 8 heteroatoms. The first-order chi connectivity index (χ1) is 14.1. The molecule has 0 bridgehead atoms. The van der Waals surface area contributed by atoms with E-state index in [9.17, 15) is 13.6 Å². The monoisotopic (exact) mass is 408 g/mol. The Bertz CT molecular complexity index is 1150. The molecule has 2 aromatic carbocycles. The van der Waals surface area contributed by atoms with Gasteiger partial charge < -0.3 is 0 Å². The summed E-state index contributed by atoms with van der Waals surface area (Å²) in [4.78, 5) is 16.8. The van der Waals surface area contributed by atoms with Gasteiger partial charge in [0.1, 0.15) is 5.69 Å². The summed E-state index contributed by atoms with van der Waals surface area (Å²) in [6.07, 6.45) is 1.67. The second-order valence-electron chi connectivity index (χ2n) is 6.03. The molecule has 0 fully saturated rings. The standard InChI is InChI=1S/C21H14F2N4OS/c22-16-10-9-14(12-17(16)23)19(28)13-29-21-26-25-20(18-8-4-5-11-24-18)27(21)15-6-2-1-3-7-15/h1-12H,13H2. The van der Waals surface area contributed by atoms with Crippen LogP contribution in [0.3, 0.4) is 0 Å². The second kappa shape index (κ2) is 8.32. The number of carbonyl (C=O) groups is 1. The molecule has 0 amide bonds. The van der Waals surface area contributed by atoms with E-state index in [2.05, 4.69) is 15.2 Å². The molecule has 0 saturated heterocycles. The SMILES string of the molecule is O=C(CSc1nnc(-c2ccccn2)n1-c1ccccc1)c1ccc(F)c(F)c1. The summed E-state index contributed by atoms with van der Waals surface area (Å²) in [6, 6.07) is 18.1. The zero-order valence-electron chi connectivity index (χ0n) is 15.0. The van der Waals surface area contributed by atoms with Crippen LogP contribution < -0.4 is 0 Å². The maximum absolute atomic E-state index is 13.4. The molecule has 5 nitrogen and oxygen atoms in total. The number of hydrogen-bond donors (Lipinski definition) is 0. The Morgan fingerprint density at radius 3 is 2.45 bits per heavy atom. The van der Waals surface area contributed by atoms with Crippen molar-refractivity contribution in [3.63, 3.8) is 0 Å². The maximum Gasteiger partial charge on any atom is 0.196 e. The average molecular weight is 408 g/mol. The van der Waals surface area contributed by atoms with E-state index in [4.69, 9.17) is 0 Å². The third kappa shape index (κ3) is 4.07. The van der Waals surface area contributed by atoms with Gasteiger partial charge in [0.15, 0.2) is 28.4 Å². The molecule has 0 aliphatic heterocycles. The van der Waals surface area contributed by atoms with Crippen LogP contribution in [-0.4, -0.2) is 31.3 Å². The van der Waals surface area contributed by atoms with E-state index < -0.39 is 11.6 Å². The molecule has 4 rings (SSSR count). The Morgan fingerprint density at radius 2 is 1.72 bits per heavy atom. The quantitative estimate of drug-likeness (QED) is 0.345. The summed E-state index contributed by atoms with van der Waals surface area (Å²) in [6.45, 7) is 0. The van der Waals surface area contributed by atoms with Gasteiger partial charge >= 0.3 is 0 Å². The lowest BCUT2D eigenvalue weighted by atomic mass is 10.1. The largest absolute Gasteiger partial charge is 0.293 e. The molecule has 2 heterocycles. The summed E-state index contributed by atoms with van der Waals surface area (Å²) in [5.74, 6) is -1.84. The van der Waals surface area contributed by atoms with Crippen LogP contribution in [-0.2, 0) is 0 Å². The molecule has 0 unspecified atom stereocenters. The van der Waals surface area contributed by atoms with E-state index in [-0.39, 0.29) is 17.1 Å². The van der Waals surface area contributed by atoms with Crippen molar-refractivity contribution in [2.75, 3.05) is 5.75 Å². The molecule has 0 radical (unpaired) electrons. The molecule has 29 heavy (non-hydrogen) atoms. The van der Waals surface area contributed by atoms with Crippen LogP contribution in [0.1, 0.15) is 10.4 Å². The van der Waals surface area contributed by atoms with Gasteiger partial charge in [0.25, 0.3) is 0 Å². The third-order valence-corrected chi connectivity index (χ3v) is 5.04. The molecule has 2 aromatic heterocycles. The third-order valence-electron chi connectivity index (χ3n) is 4.12. The maximum atomic E-state index is 13.4. The number of hydrogen-bond acceptors (Lipinski definition) is 5. The van der Waals surface area contributed by atoms with Gasteiger partial charge in [0.05, 0.1) is 5.75 Å². The normalized spacial score (nSPS) is 10.8. The smallest absolute Gasteiger partial charge is 0.196 e. The summed E-state index contributed by atoms with van der Waals surface area (Å²) >= 11 is 1.17. The number of halogens is 2. The minimum Gasteiger partial charge on any atom is -0.293 e. The van der Waals surface area contributed by atoms with Crippen molar-refractivity contribution < 1.29 is 13.6 Å². The Balaban J connectivity index is 1.64. The van der Waals surface area contributed by atoms with Gasteiger partial charge in [-0.25, -0.2) is 8.78 Å². The van der Waals surface area contributed by atoms with Crippen molar-refractivity contribution in [2.24, 2.45) is 0 Å². The lowest BCUT2D eigenvalue weighted by molar-refractivity contribution is 0.102. The molecule has 0 N–H and O–H groups in total. The summed E-state index contributed by atoms with van der Waals surface area (Å²) in [5.41, 5.74) is 1.57. The number of ketones is 1. The molecule has 0 saturated carbocycles. The van der Waals surface area contributed by atoms with E-state index in [1.54, 1.807) is 6.20 Å². The lowest BCUT2D eigenvalue weighted by Gasteiger charge is -2.09. The number of para-hydroxylation sites is 1.